The largest absolute Gasteiger partial charge is 0.348 e. The Morgan fingerprint density at radius 2 is 1.58 bits per heavy atom. The van der Waals surface area contributed by atoms with E-state index in [0.717, 1.165) is 11.3 Å². The van der Waals surface area contributed by atoms with E-state index in [1.165, 1.54) is 36.4 Å². The third-order valence-corrected chi connectivity index (χ3v) is 4.58. The summed E-state index contributed by atoms with van der Waals surface area (Å²) < 4.78 is 28.5. The van der Waals surface area contributed by atoms with Crippen molar-refractivity contribution in [2.24, 2.45) is 0 Å². The fourth-order valence-electron chi connectivity index (χ4n) is 3.33. The molecule has 1 aromatic heterocycles. The molecule has 2 amide bonds. The number of carbonyl (C=O) groups is 1. The summed E-state index contributed by atoms with van der Waals surface area (Å²) in [6, 6.07) is 15.1. The maximum Gasteiger partial charge on any atom is 0.322 e. The summed E-state index contributed by atoms with van der Waals surface area (Å²) in [6.45, 7) is 1.19. The molecule has 1 aliphatic heterocycles. The second-order valence-corrected chi connectivity index (χ2v) is 6.21. The highest BCUT2D eigenvalue weighted by Gasteiger charge is 2.32. The highest BCUT2D eigenvalue weighted by Crippen LogP contribution is 2.33. The molecule has 3 aromatic rings. The zero-order valence-electron chi connectivity index (χ0n) is 13.9. The molecular formula is C20H17F2N3O. The van der Waals surface area contributed by atoms with Crippen LogP contribution >= 0.6 is 0 Å². The lowest BCUT2D eigenvalue weighted by Crippen LogP contribution is -2.44. The molecule has 1 aliphatic rings. The van der Waals surface area contributed by atoms with Crippen molar-refractivity contribution in [3.05, 3.63) is 89.8 Å². The smallest absolute Gasteiger partial charge is 0.322 e. The molecule has 0 saturated carbocycles. The second-order valence-electron chi connectivity index (χ2n) is 6.21. The van der Waals surface area contributed by atoms with Gasteiger partial charge in [0.1, 0.15) is 11.6 Å². The van der Waals surface area contributed by atoms with Gasteiger partial charge < -0.3 is 14.8 Å². The first-order chi connectivity index (χ1) is 12.6. The standard InChI is InChI=1S/C20H17F2N3O/c21-15-5-3-14(4-6-15)19-18-2-1-11-24(18)12-13-25(19)20(26)23-17-9-7-16(22)8-10-17/h1-11,19H,12-13H2,(H,23,26)/t19-/m1/s1. The summed E-state index contributed by atoms with van der Waals surface area (Å²) >= 11 is 0. The van der Waals surface area contributed by atoms with Gasteiger partial charge in [0.2, 0.25) is 0 Å². The number of benzene rings is 2. The van der Waals surface area contributed by atoms with Crippen molar-refractivity contribution in [2.45, 2.75) is 12.6 Å². The van der Waals surface area contributed by atoms with Crippen LogP contribution in [0.5, 0.6) is 0 Å². The predicted molar refractivity (Wildman–Crippen MR) is 94.8 cm³/mol. The maximum atomic E-state index is 13.3. The number of rotatable bonds is 2. The molecule has 2 heterocycles. The van der Waals surface area contributed by atoms with Crippen LogP contribution in [0.3, 0.4) is 0 Å². The molecule has 4 nitrogen and oxygen atoms in total. The van der Waals surface area contributed by atoms with Crippen LogP contribution in [-0.4, -0.2) is 22.0 Å². The Balaban J connectivity index is 1.66. The highest BCUT2D eigenvalue weighted by molar-refractivity contribution is 5.90. The van der Waals surface area contributed by atoms with Crippen molar-refractivity contribution in [1.29, 1.82) is 0 Å². The number of halogens is 2. The second kappa shape index (κ2) is 6.63. The average Bonchev–Trinajstić information content (AvgIpc) is 3.12. The minimum absolute atomic E-state index is 0.279. The Morgan fingerprint density at radius 1 is 0.923 bits per heavy atom. The van der Waals surface area contributed by atoms with Gasteiger partial charge in [0.05, 0.1) is 6.04 Å². The number of hydrogen-bond acceptors (Lipinski definition) is 1. The quantitative estimate of drug-likeness (QED) is 0.728. The number of amides is 2. The van der Waals surface area contributed by atoms with Crippen molar-refractivity contribution in [2.75, 3.05) is 11.9 Å². The van der Waals surface area contributed by atoms with Gasteiger partial charge in [-0.3, -0.25) is 0 Å². The predicted octanol–water partition coefficient (Wildman–Crippen LogP) is 4.40. The van der Waals surface area contributed by atoms with E-state index in [1.54, 1.807) is 17.0 Å². The van der Waals surface area contributed by atoms with Gasteiger partial charge in [-0.15, -0.1) is 0 Å². The fourth-order valence-corrected chi connectivity index (χ4v) is 3.33. The van der Waals surface area contributed by atoms with Gasteiger partial charge in [-0.05, 0) is 54.1 Å². The Bertz CT molecular complexity index is 919. The normalized spacial score (nSPS) is 16.2. The Kier molecular flexibility index (Phi) is 4.16. The topological polar surface area (TPSA) is 37.3 Å². The van der Waals surface area contributed by atoms with E-state index in [0.29, 0.717) is 18.8 Å². The summed E-state index contributed by atoms with van der Waals surface area (Å²) in [5.41, 5.74) is 2.33. The van der Waals surface area contributed by atoms with Gasteiger partial charge in [0, 0.05) is 30.7 Å². The van der Waals surface area contributed by atoms with Crippen LogP contribution in [0, 0.1) is 11.6 Å². The van der Waals surface area contributed by atoms with Gasteiger partial charge in [-0.25, -0.2) is 13.6 Å². The van der Waals surface area contributed by atoms with Crippen LogP contribution in [0.15, 0.2) is 66.9 Å². The number of nitrogens with zero attached hydrogens (tertiary/aromatic N) is 2. The molecule has 0 spiro atoms. The monoisotopic (exact) mass is 353 g/mol. The number of hydrogen-bond donors (Lipinski definition) is 1. The van der Waals surface area contributed by atoms with Gasteiger partial charge in [0.25, 0.3) is 0 Å². The first-order valence-corrected chi connectivity index (χ1v) is 8.35. The Labute approximate surface area is 149 Å². The molecule has 0 unspecified atom stereocenters. The number of anilines is 1. The third-order valence-electron chi connectivity index (χ3n) is 4.58. The van der Waals surface area contributed by atoms with Crippen molar-refractivity contribution in [1.82, 2.24) is 9.47 Å². The number of nitrogens with one attached hydrogen (secondary N) is 1. The lowest BCUT2D eigenvalue weighted by atomic mass is 10.0. The minimum atomic E-state index is -0.358. The zero-order valence-corrected chi connectivity index (χ0v) is 13.9. The van der Waals surface area contributed by atoms with Crippen molar-refractivity contribution in [3.63, 3.8) is 0 Å². The van der Waals surface area contributed by atoms with E-state index < -0.39 is 0 Å². The van der Waals surface area contributed by atoms with Crippen LogP contribution in [0.2, 0.25) is 0 Å². The van der Waals surface area contributed by atoms with Crippen molar-refractivity contribution in [3.8, 4) is 0 Å². The number of urea groups is 1. The molecule has 2 aromatic carbocycles. The molecule has 0 saturated heterocycles. The molecule has 0 aliphatic carbocycles. The van der Waals surface area contributed by atoms with Gasteiger partial charge in [0.15, 0.2) is 0 Å². The Hall–Kier alpha value is -3.15. The lowest BCUT2D eigenvalue weighted by molar-refractivity contribution is 0.182. The van der Waals surface area contributed by atoms with Crippen LogP contribution in [0.25, 0.3) is 0 Å². The van der Waals surface area contributed by atoms with Gasteiger partial charge >= 0.3 is 6.03 Å². The van der Waals surface area contributed by atoms with E-state index >= 15 is 0 Å². The highest BCUT2D eigenvalue weighted by atomic mass is 19.1. The SMILES string of the molecule is O=C(Nc1ccc(F)cc1)N1CCn2cccc2[C@H]1c1ccc(F)cc1. The average molecular weight is 353 g/mol. The molecule has 0 radical (unpaired) electrons. The first-order valence-electron chi connectivity index (χ1n) is 8.35. The van der Waals surface area contributed by atoms with Crippen LogP contribution < -0.4 is 5.32 Å². The number of fused-ring (bicyclic) bond motifs is 1. The molecule has 0 fully saturated rings. The van der Waals surface area contributed by atoms with E-state index in [2.05, 4.69) is 9.88 Å². The van der Waals surface area contributed by atoms with Crippen LogP contribution in [-0.2, 0) is 6.54 Å². The third kappa shape index (κ3) is 3.06. The maximum absolute atomic E-state index is 13.3. The van der Waals surface area contributed by atoms with Crippen molar-refractivity contribution < 1.29 is 13.6 Å². The van der Waals surface area contributed by atoms with Crippen LogP contribution in [0.1, 0.15) is 17.3 Å². The summed E-state index contributed by atoms with van der Waals surface area (Å²) in [4.78, 5) is 14.6. The van der Waals surface area contributed by atoms with Gasteiger partial charge in [-0.2, -0.15) is 0 Å². The Morgan fingerprint density at radius 3 is 2.27 bits per heavy atom. The molecule has 0 bridgehead atoms. The minimum Gasteiger partial charge on any atom is -0.348 e. The lowest BCUT2D eigenvalue weighted by Gasteiger charge is -2.37. The van der Waals surface area contributed by atoms with Crippen LogP contribution in [0.4, 0.5) is 19.3 Å². The molecule has 4 rings (SSSR count). The number of carbonyl (C=O) groups excluding carboxylic acids is 1. The summed E-state index contributed by atoms with van der Waals surface area (Å²) in [5.74, 6) is -0.676. The van der Waals surface area contributed by atoms with Crippen molar-refractivity contribution >= 4 is 11.7 Å². The molecular weight excluding hydrogens is 336 g/mol. The van der Waals surface area contributed by atoms with E-state index in [1.807, 2.05) is 18.3 Å². The fraction of sp³-hybridized carbons (Fsp3) is 0.150. The molecule has 132 valence electrons. The molecule has 26 heavy (non-hydrogen) atoms. The summed E-state index contributed by atoms with van der Waals surface area (Å²) in [5, 5.41) is 2.81. The molecule has 1 atom stereocenters. The molecule has 1 N–H and O–H groups in total. The number of aromatic nitrogens is 1. The summed E-state index contributed by atoms with van der Waals surface area (Å²) in [6.07, 6.45) is 1.97. The first kappa shape index (κ1) is 16.3. The van der Waals surface area contributed by atoms with E-state index in [4.69, 9.17) is 0 Å². The molecule has 6 heteroatoms. The summed E-state index contributed by atoms with van der Waals surface area (Å²) in [7, 11) is 0. The van der Waals surface area contributed by atoms with E-state index in [9.17, 15) is 13.6 Å². The zero-order chi connectivity index (χ0) is 18.1. The van der Waals surface area contributed by atoms with Gasteiger partial charge in [-0.1, -0.05) is 12.1 Å². The van der Waals surface area contributed by atoms with E-state index in [-0.39, 0.29) is 23.7 Å².